The first kappa shape index (κ1) is 16.2. The van der Waals surface area contributed by atoms with Crippen molar-refractivity contribution < 1.29 is 9.13 Å². The van der Waals surface area contributed by atoms with E-state index >= 15 is 0 Å². The molecule has 1 fully saturated rings. The highest BCUT2D eigenvalue weighted by atomic mass is 19.1. The van der Waals surface area contributed by atoms with E-state index < -0.39 is 0 Å². The van der Waals surface area contributed by atoms with E-state index in [0.717, 1.165) is 32.1 Å². The molecule has 3 nitrogen and oxygen atoms in total. The molecule has 4 heteroatoms. The number of hydrogen-bond donors (Lipinski definition) is 1. The summed E-state index contributed by atoms with van der Waals surface area (Å²) >= 11 is 0. The van der Waals surface area contributed by atoms with Crippen LogP contribution in [0.25, 0.3) is 0 Å². The minimum absolute atomic E-state index is 0.285. The second kappa shape index (κ2) is 8.35. The Labute approximate surface area is 127 Å². The Morgan fingerprint density at radius 1 is 1.29 bits per heavy atom. The molecule has 1 N–H and O–H groups in total. The maximum Gasteiger partial charge on any atom is 0.165 e. The van der Waals surface area contributed by atoms with Crippen molar-refractivity contribution in [2.24, 2.45) is 5.92 Å². The molecule has 1 aromatic rings. The fourth-order valence-electron chi connectivity index (χ4n) is 2.79. The molecule has 0 aromatic heterocycles. The van der Waals surface area contributed by atoms with Crippen molar-refractivity contribution in [3.05, 3.63) is 30.1 Å². The van der Waals surface area contributed by atoms with Crippen LogP contribution in [0.3, 0.4) is 0 Å². The zero-order valence-electron chi connectivity index (χ0n) is 13.1. The third-order valence-electron chi connectivity index (χ3n) is 4.15. The molecule has 118 valence electrons. The van der Waals surface area contributed by atoms with Crippen molar-refractivity contribution >= 4 is 0 Å². The van der Waals surface area contributed by atoms with Gasteiger partial charge in [0.15, 0.2) is 11.6 Å². The number of ether oxygens (including phenoxy) is 1. The van der Waals surface area contributed by atoms with Gasteiger partial charge in [0.2, 0.25) is 0 Å². The number of rotatable bonds is 7. The second-order valence-electron chi connectivity index (χ2n) is 6.06. The van der Waals surface area contributed by atoms with Crippen LogP contribution in [0.5, 0.6) is 5.75 Å². The molecule has 1 aliphatic heterocycles. The van der Waals surface area contributed by atoms with Crippen LogP contribution in [0.4, 0.5) is 4.39 Å². The summed E-state index contributed by atoms with van der Waals surface area (Å²) in [5.74, 6) is 0.831. The molecular formula is C17H27FN2O. The van der Waals surface area contributed by atoms with Crippen molar-refractivity contribution in [3.63, 3.8) is 0 Å². The lowest BCUT2D eigenvalue weighted by molar-refractivity contribution is 0.140. The van der Waals surface area contributed by atoms with Crippen LogP contribution >= 0.6 is 0 Å². The van der Waals surface area contributed by atoms with Gasteiger partial charge in [-0.1, -0.05) is 12.1 Å². The Morgan fingerprint density at radius 3 is 2.67 bits per heavy atom. The molecule has 0 unspecified atom stereocenters. The molecule has 0 spiro atoms. The Hall–Kier alpha value is -1.13. The normalized spacial score (nSPS) is 16.6. The van der Waals surface area contributed by atoms with Crippen LogP contribution in [-0.2, 0) is 0 Å². The second-order valence-corrected chi connectivity index (χ2v) is 6.06. The number of piperidine rings is 1. The molecule has 1 saturated heterocycles. The van der Waals surface area contributed by atoms with E-state index in [0.29, 0.717) is 18.4 Å². The van der Waals surface area contributed by atoms with E-state index in [4.69, 9.17) is 4.74 Å². The molecule has 0 amide bonds. The predicted molar refractivity (Wildman–Crippen MR) is 84.2 cm³/mol. The minimum Gasteiger partial charge on any atom is -0.489 e. The summed E-state index contributed by atoms with van der Waals surface area (Å²) in [6, 6.07) is 7.09. The molecule has 2 rings (SSSR count). The minimum atomic E-state index is -0.285. The molecule has 0 saturated carbocycles. The SMILES string of the molecule is CC(C)N(CCOc1ccccc1F)CC1CCNCC1. The molecule has 1 heterocycles. The monoisotopic (exact) mass is 294 g/mol. The first-order chi connectivity index (χ1) is 10.2. The van der Waals surface area contributed by atoms with E-state index in [1.165, 1.54) is 18.9 Å². The van der Waals surface area contributed by atoms with E-state index in [2.05, 4.69) is 24.1 Å². The molecule has 1 aromatic carbocycles. The molecule has 0 atom stereocenters. The number of para-hydroxylation sites is 1. The number of hydrogen-bond acceptors (Lipinski definition) is 3. The van der Waals surface area contributed by atoms with Gasteiger partial charge >= 0.3 is 0 Å². The Morgan fingerprint density at radius 2 is 2.00 bits per heavy atom. The number of nitrogens with zero attached hydrogens (tertiary/aromatic N) is 1. The summed E-state index contributed by atoms with van der Waals surface area (Å²) in [4.78, 5) is 2.44. The number of nitrogens with one attached hydrogen (secondary N) is 1. The van der Waals surface area contributed by atoms with Crippen LogP contribution in [0.15, 0.2) is 24.3 Å². The van der Waals surface area contributed by atoms with E-state index in [1.807, 2.05) is 0 Å². The lowest BCUT2D eigenvalue weighted by atomic mass is 9.97. The molecule has 21 heavy (non-hydrogen) atoms. The topological polar surface area (TPSA) is 24.5 Å². The Bertz CT molecular complexity index is 419. The maximum absolute atomic E-state index is 13.5. The van der Waals surface area contributed by atoms with Crippen LogP contribution in [0.1, 0.15) is 26.7 Å². The van der Waals surface area contributed by atoms with Gasteiger partial charge in [0.25, 0.3) is 0 Å². The van der Waals surface area contributed by atoms with E-state index in [-0.39, 0.29) is 5.82 Å². The first-order valence-electron chi connectivity index (χ1n) is 7.99. The summed E-state index contributed by atoms with van der Waals surface area (Å²) in [6.07, 6.45) is 2.49. The average Bonchev–Trinajstić information content (AvgIpc) is 2.49. The van der Waals surface area contributed by atoms with Crippen molar-refractivity contribution in [2.75, 3.05) is 32.8 Å². The van der Waals surface area contributed by atoms with E-state index in [9.17, 15) is 4.39 Å². The zero-order chi connectivity index (χ0) is 15.1. The lowest BCUT2D eigenvalue weighted by Gasteiger charge is -2.32. The van der Waals surface area contributed by atoms with Gasteiger partial charge in [0, 0.05) is 19.1 Å². The number of benzene rings is 1. The van der Waals surface area contributed by atoms with Crippen molar-refractivity contribution in [2.45, 2.75) is 32.7 Å². The van der Waals surface area contributed by atoms with Crippen LogP contribution in [-0.4, -0.2) is 43.7 Å². The van der Waals surface area contributed by atoms with Crippen LogP contribution in [0.2, 0.25) is 0 Å². The Balaban J connectivity index is 1.78. The van der Waals surface area contributed by atoms with Gasteiger partial charge < -0.3 is 10.1 Å². The number of halogens is 1. The van der Waals surface area contributed by atoms with Crippen LogP contribution < -0.4 is 10.1 Å². The first-order valence-corrected chi connectivity index (χ1v) is 7.99. The van der Waals surface area contributed by atoms with Crippen molar-refractivity contribution in [1.82, 2.24) is 10.2 Å². The summed E-state index contributed by atoms with van der Waals surface area (Å²) in [7, 11) is 0. The molecule has 0 bridgehead atoms. The van der Waals surface area contributed by atoms with Crippen LogP contribution in [0, 0.1) is 11.7 Å². The van der Waals surface area contributed by atoms with Gasteiger partial charge in [0.05, 0.1) is 0 Å². The zero-order valence-corrected chi connectivity index (χ0v) is 13.1. The highest BCUT2D eigenvalue weighted by Crippen LogP contribution is 2.17. The van der Waals surface area contributed by atoms with Gasteiger partial charge in [-0.25, -0.2) is 4.39 Å². The maximum atomic E-state index is 13.5. The summed E-state index contributed by atoms with van der Waals surface area (Å²) in [6.45, 7) is 9.17. The average molecular weight is 294 g/mol. The lowest BCUT2D eigenvalue weighted by Crippen LogP contribution is -2.41. The fraction of sp³-hybridized carbons (Fsp3) is 0.647. The standard InChI is InChI=1S/C17H27FN2O/c1-14(2)20(13-15-7-9-19-10-8-15)11-12-21-17-6-4-3-5-16(17)18/h3-6,14-15,19H,7-13H2,1-2H3. The van der Waals surface area contributed by atoms with Gasteiger partial charge in [-0.2, -0.15) is 0 Å². The van der Waals surface area contributed by atoms with Crippen molar-refractivity contribution in [1.29, 1.82) is 0 Å². The third-order valence-corrected chi connectivity index (χ3v) is 4.15. The smallest absolute Gasteiger partial charge is 0.165 e. The van der Waals surface area contributed by atoms with Gasteiger partial charge in [-0.3, -0.25) is 4.90 Å². The summed E-state index contributed by atoms with van der Waals surface area (Å²) in [5.41, 5.74) is 0. The summed E-state index contributed by atoms with van der Waals surface area (Å²) < 4.78 is 19.1. The highest BCUT2D eigenvalue weighted by Gasteiger charge is 2.18. The van der Waals surface area contributed by atoms with Gasteiger partial charge in [-0.15, -0.1) is 0 Å². The quantitative estimate of drug-likeness (QED) is 0.837. The molecular weight excluding hydrogens is 267 g/mol. The van der Waals surface area contributed by atoms with Crippen molar-refractivity contribution in [3.8, 4) is 5.75 Å². The largest absolute Gasteiger partial charge is 0.489 e. The predicted octanol–water partition coefficient (Wildman–Crippen LogP) is 2.91. The van der Waals surface area contributed by atoms with E-state index in [1.54, 1.807) is 18.2 Å². The summed E-state index contributed by atoms with van der Waals surface area (Å²) in [5, 5.41) is 3.40. The third kappa shape index (κ3) is 5.29. The molecule has 0 aliphatic carbocycles. The highest BCUT2D eigenvalue weighted by molar-refractivity contribution is 5.23. The molecule has 0 radical (unpaired) electrons. The van der Waals surface area contributed by atoms with Gasteiger partial charge in [-0.05, 0) is 57.8 Å². The fourth-order valence-corrected chi connectivity index (χ4v) is 2.79. The van der Waals surface area contributed by atoms with Gasteiger partial charge in [0.1, 0.15) is 6.61 Å². The Kier molecular flexibility index (Phi) is 6.46. The molecule has 1 aliphatic rings.